The van der Waals surface area contributed by atoms with Crippen molar-refractivity contribution in [2.24, 2.45) is 0 Å². The van der Waals surface area contributed by atoms with Crippen LogP contribution in [0.5, 0.6) is 0 Å². The Labute approximate surface area is 112 Å². The van der Waals surface area contributed by atoms with Crippen LogP contribution in [-0.4, -0.2) is 42.3 Å². The molecule has 102 valence electrons. The number of hydrogen-bond acceptors (Lipinski definition) is 4. The number of anilines is 1. The van der Waals surface area contributed by atoms with Crippen LogP contribution in [0.4, 0.5) is 5.69 Å². The smallest absolute Gasteiger partial charge is 0.104 e. The summed E-state index contributed by atoms with van der Waals surface area (Å²) < 4.78 is 5.67. The number of fused-ring (bicyclic) bond motifs is 1. The van der Waals surface area contributed by atoms with Crippen molar-refractivity contribution < 1.29 is 4.74 Å². The Morgan fingerprint density at radius 2 is 2.42 bits per heavy atom. The van der Waals surface area contributed by atoms with Gasteiger partial charge in [-0.3, -0.25) is 0 Å². The van der Waals surface area contributed by atoms with Crippen LogP contribution >= 0.6 is 0 Å². The van der Waals surface area contributed by atoms with Crippen molar-refractivity contribution >= 4 is 16.7 Å². The molecule has 1 aliphatic heterocycles. The van der Waals surface area contributed by atoms with E-state index in [1.165, 1.54) is 0 Å². The monoisotopic (exact) mass is 260 g/mol. The van der Waals surface area contributed by atoms with E-state index in [0.29, 0.717) is 6.10 Å². The molecule has 2 heterocycles. The average Bonchev–Trinajstić information content (AvgIpc) is 2.79. The number of rotatable bonds is 4. The number of ether oxygens (including phenoxy) is 1. The van der Waals surface area contributed by atoms with Gasteiger partial charge in [0.15, 0.2) is 0 Å². The molecule has 0 radical (unpaired) electrons. The van der Waals surface area contributed by atoms with Gasteiger partial charge >= 0.3 is 0 Å². The predicted molar refractivity (Wildman–Crippen MR) is 76.5 cm³/mol. The molecule has 2 aromatic rings. The van der Waals surface area contributed by atoms with E-state index in [0.717, 1.165) is 55.2 Å². The Hall–Kier alpha value is -1.59. The first-order valence-corrected chi connectivity index (χ1v) is 6.84. The molecule has 3 N–H and O–H groups in total. The van der Waals surface area contributed by atoms with Gasteiger partial charge in [0.25, 0.3) is 0 Å². The van der Waals surface area contributed by atoms with Crippen molar-refractivity contribution in [3.63, 3.8) is 0 Å². The number of aromatic amines is 1. The van der Waals surface area contributed by atoms with Crippen molar-refractivity contribution in [2.75, 3.05) is 31.6 Å². The third kappa shape index (κ3) is 3.05. The number of aryl methyl sites for hydroxylation is 1. The van der Waals surface area contributed by atoms with Gasteiger partial charge in [0, 0.05) is 25.3 Å². The van der Waals surface area contributed by atoms with Crippen LogP contribution in [0, 0.1) is 6.92 Å². The van der Waals surface area contributed by atoms with Crippen LogP contribution in [0.1, 0.15) is 12.2 Å². The maximum absolute atomic E-state index is 5.67. The summed E-state index contributed by atoms with van der Waals surface area (Å²) in [6, 6.07) is 6.22. The highest BCUT2D eigenvalue weighted by Crippen LogP contribution is 2.17. The van der Waals surface area contributed by atoms with Gasteiger partial charge in [-0.25, -0.2) is 4.98 Å². The molecule has 1 unspecified atom stereocenters. The second-order valence-corrected chi connectivity index (χ2v) is 4.97. The summed E-state index contributed by atoms with van der Waals surface area (Å²) in [7, 11) is 0. The summed E-state index contributed by atoms with van der Waals surface area (Å²) in [4.78, 5) is 7.65. The van der Waals surface area contributed by atoms with Gasteiger partial charge in [-0.2, -0.15) is 0 Å². The molecular formula is C14H20N4O. The van der Waals surface area contributed by atoms with Crippen LogP contribution in [-0.2, 0) is 4.74 Å². The van der Waals surface area contributed by atoms with Crippen LogP contribution in [0.3, 0.4) is 0 Å². The lowest BCUT2D eigenvalue weighted by Crippen LogP contribution is -2.39. The molecule has 3 rings (SSSR count). The number of aromatic nitrogens is 2. The highest BCUT2D eigenvalue weighted by atomic mass is 16.5. The highest BCUT2D eigenvalue weighted by Gasteiger charge is 2.12. The topological polar surface area (TPSA) is 62.0 Å². The number of nitrogens with one attached hydrogen (secondary N) is 3. The van der Waals surface area contributed by atoms with Crippen molar-refractivity contribution in [1.82, 2.24) is 15.3 Å². The van der Waals surface area contributed by atoms with Gasteiger partial charge in [-0.05, 0) is 31.5 Å². The number of benzene rings is 1. The first kappa shape index (κ1) is 12.4. The summed E-state index contributed by atoms with van der Waals surface area (Å²) in [5.74, 6) is 0.953. The lowest BCUT2D eigenvalue weighted by atomic mass is 10.2. The molecule has 1 saturated heterocycles. The Kier molecular flexibility index (Phi) is 3.66. The van der Waals surface area contributed by atoms with E-state index in [1.807, 2.05) is 13.0 Å². The number of H-pyrrole nitrogens is 1. The summed E-state index contributed by atoms with van der Waals surface area (Å²) in [6.07, 6.45) is 1.35. The van der Waals surface area contributed by atoms with E-state index in [9.17, 15) is 0 Å². The molecule has 1 aromatic carbocycles. The Morgan fingerprint density at radius 3 is 3.26 bits per heavy atom. The fraction of sp³-hybridized carbons (Fsp3) is 0.500. The summed E-state index contributed by atoms with van der Waals surface area (Å²) >= 11 is 0. The molecule has 0 bridgehead atoms. The zero-order chi connectivity index (χ0) is 13.1. The van der Waals surface area contributed by atoms with Gasteiger partial charge < -0.3 is 20.4 Å². The highest BCUT2D eigenvalue weighted by molar-refractivity contribution is 5.79. The van der Waals surface area contributed by atoms with Crippen molar-refractivity contribution in [1.29, 1.82) is 0 Å². The lowest BCUT2D eigenvalue weighted by Gasteiger charge is -2.23. The normalized spacial score (nSPS) is 19.7. The largest absolute Gasteiger partial charge is 0.385 e. The quantitative estimate of drug-likeness (QED) is 0.782. The minimum absolute atomic E-state index is 0.333. The molecule has 0 aliphatic carbocycles. The lowest BCUT2D eigenvalue weighted by molar-refractivity contribution is 0.0258. The Bertz CT molecular complexity index is 545. The first-order valence-electron chi connectivity index (χ1n) is 6.84. The van der Waals surface area contributed by atoms with Crippen LogP contribution < -0.4 is 10.6 Å². The minimum Gasteiger partial charge on any atom is -0.385 e. The van der Waals surface area contributed by atoms with E-state index in [4.69, 9.17) is 4.74 Å². The molecule has 5 nitrogen and oxygen atoms in total. The molecule has 1 fully saturated rings. The number of nitrogens with zero attached hydrogens (tertiary/aromatic N) is 1. The summed E-state index contributed by atoms with van der Waals surface area (Å²) in [6.45, 7) is 5.65. The van der Waals surface area contributed by atoms with Gasteiger partial charge in [0.05, 0.1) is 23.7 Å². The molecule has 0 saturated carbocycles. The fourth-order valence-electron chi connectivity index (χ4n) is 2.43. The van der Waals surface area contributed by atoms with E-state index in [1.54, 1.807) is 0 Å². The number of hydrogen-bond donors (Lipinski definition) is 3. The van der Waals surface area contributed by atoms with Crippen LogP contribution in [0.15, 0.2) is 18.2 Å². The zero-order valence-corrected chi connectivity index (χ0v) is 11.2. The molecule has 1 aromatic heterocycles. The van der Waals surface area contributed by atoms with Gasteiger partial charge in [-0.15, -0.1) is 0 Å². The first-order chi connectivity index (χ1) is 9.31. The van der Waals surface area contributed by atoms with Crippen molar-refractivity contribution in [3.05, 3.63) is 24.0 Å². The number of imidazole rings is 1. The predicted octanol–water partition coefficient (Wildman–Crippen LogP) is 1.66. The van der Waals surface area contributed by atoms with Crippen LogP contribution in [0.2, 0.25) is 0 Å². The molecule has 1 atom stereocenters. The molecule has 19 heavy (non-hydrogen) atoms. The third-order valence-corrected chi connectivity index (χ3v) is 3.40. The molecular weight excluding hydrogens is 240 g/mol. The van der Waals surface area contributed by atoms with Gasteiger partial charge in [0.1, 0.15) is 5.82 Å². The molecule has 5 heteroatoms. The van der Waals surface area contributed by atoms with Gasteiger partial charge in [-0.1, -0.05) is 0 Å². The molecule has 0 amide bonds. The fourth-order valence-corrected chi connectivity index (χ4v) is 2.43. The van der Waals surface area contributed by atoms with Crippen molar-refractivity contribution in [2.45, 2.75) is 19.4 Å². The Morgan fingerprint density at radius 1 is 1.47 bits per heavy atom. The van der Waals surface area contributed by atoms with E-state index in [-0.39, 0.29) is 0 Å². The maximum atomic E-state index is 5.67. The summed E-state index contributed by atoms with van der Waals surface area (Å²) in [5.41, 5.74) is 3.22. The summed E-state index contributed by atoms with van der Waals surface area (Å²) in [5, 5.41) is 6.78. The SMILES string of the molecule is Cc1nc2ccc(NCCC3CNCCO3)cc2[nH]1. The van der Waals surface area contributed by atoms with Crippen molar-refractivity contribution in [3.8, 4) is 0 Å². The standard InChI is InChI=1S/C14H20N4O/c1-10-17-13-3-2-11(8-14(13)18-10)16-5-4-12-9-15-6-7-19-12/h2-3,8,12,15-16H,4-7,9H2,1H3,(H,17,18). The molecule has 1 aliphatic rings. The van der Waals surface area contributed by atoms with Crippen LogP contribution in [0.25, 0.3) is 11.0 Å². The van der Waals surface area contributed by atoms with Gasteiger partial charge in [0.2, 0.25) is 0 Å². The second-order valence-electron chi connectivity index (χ2n) is 4.97. The second kappa shape index (κ2) is 5.59. The third-order valence-electron chi connectivity index (χ3n) is 3.40. The maximum Gasteiger partial charge on any atom is 0.104 e. The molecule has 0 spiro atoms. The average molecular weight is 260 g/mol. The number of morpholine rings is 1. The zero-order valence-electron chi connectivity index (χ0n) is 11.2. The Balaban J connectivity index is 1.55. The van der Waals surface area contributed by atoms with E-state index < -0.39 is 0 Å². The minimum atomic E-state index is 0.333. The van der Waals surface area contributed by atoms with E-state index >= 15 is 0 Å². The van der Waals surface area contributed by atoms with E-state index in [2.05, 4.69) is 32.7 Å².